The molecule has 0 saturated heterocycles. The van der Waals surface area contributed by atoms with Crippen molar-refractivity contribution in [1.82, 2.24) is 0 Å². The zero-order valence-corrected chi connectivity index (χ0v) is 12.8. The molecule has 0 aromatic heterocycles. The van der Waals surface area contributed by atoms with E-state index in [-0.39, 0.29) is 5.78 Å². The number of rotatable bonds is 1. The van der Waals surface area contributed by atoms with Crippen LogP contribution in [-0.2, 0) is 14.3 Å². The van der Waals surface area contributed by atoms with E-state index in [0.717, 1.165) is 0 Å². The summed E-state index contributed by atoms with van der Waals surface area (Å²) in [6, 6.07) is 0. The van der Waals surface area contributed by atoms with Crippen LogP contribution in [0.4, 0.5) is 0 Å². The number of methoxy groups -OCH3 is 1. The van der Waals surface area contributed by atoms with Crippen molar-refractivity contribution in [2.24, 2.45) is 16.7 Å². The Kier molecular flexibility index (Phi) is 3.72. The van der Waals surface area contributed by atoms with Gasteiger partial charge in [-0.3, -0.25) is 9.59 Å². The van der Waals surface area contributed by atoms with E-state index in [9.17, 15) is 14.7 Å². The van der Waals surface area contributed by atoms with Gasteiger partial charge in [0.1, 0.15) is 5.60 Å². The summed E-state index contributed by atoms with van der Waals surface area (Å²) < 4.78 is 4.70. The van der Waals surface area contributed by atoms with Crippen LogP contribution in [0.1, 0.15) is 41.5 Å². The Balaban J connectivity index is 3.44. The highest BCUT2D eigenvalue weighted by atomic mass is 16.5. The molecule has 19 heavy (non-hydrogen) atoms. The number of ether oxygens (including phenoxy) is 1. The maximum Gasteiger partial charge on any atom is 0.319 e. The van der Waals surface area contributed by atoms with E-state index >= 15 is 0 Å². The lowest BCUT2D eigenvalue weighted by Gasteiger charge is -2.38. The predicted octanol–water partition coefficient (Wildman–Crippen LogP) is 2.11. The van der Waals surface area contributed by atoms with E-state index < -0.39 is 28.3 Å². The molecule has 0 radical (unpaired) electrons. The minimum absolute atomic E-state index is 0.336. The van der Waals surface area contributed by atoms with Gasteiger partial charge in [0.05, 0.1) is 7.11 Å². The molecule has 1 aliphatic rings. The van der Waals surface area contributed by atoms with E-state index in [1.54, 1.807) is 26.8 Å². The van der Waals surface area contributed by atoms with Gasteiger partial charge in [0.2, 0.25) is 0 Å². The zero-order valence-electron chi connectivity index (χ0n) is 12.8. The number of hydrogen-bond donors (Lipinski definition) is 1. The number of hydrogen-bond acceptors (Lipinski definition) is 4. The average molecular weight is 268 g/mol. The smallest absolute Gasteiger partial charge is 0.319 e. The van der Waals surface area contributed by atoms with Crippen molar-refractivity contribution in [2.45, 2.75) is 47.1 Å². The molecule has 0 aromatic rings. The summed E-state index contributed by atoms with van der Waals surface area (Å²) in [5.41, 5.74) is -2.09. The van der Waals surface area contributed by atoms with Crippen LogP contribution in [0.3, 0.4) is 0 Å². The largest absolute Gasteiger partial charge is 0.468 e. The number of carbonyl (C=O) groups excluding carboxylic acids is 2. The highest BCUT2D eigenvalue weighted by Gasteiger charge is 2.58. The van der Waals surface area contributed by atoms with Gasteiger partial charge in [-0.25, -0.2) is 0 Å². The summed E-state index contributed by atoms with van der Waals surface area (Å²) in [6.45, 7) is 11.1. The molecule has 0 bridgehead atoms. The molecule has 1 rings (SSSR count). The SMILES string of the molecule is COC(=O)[C@H]1C(=O)C(C(C)(C)C)=C[C@]1(O)C(C)(C)C. The number of Topliss-reactive ketones (excluding diaryl/α,β-unsaturated/α-hetero) is 1. The first-order chi connectivity index (χ1) is 8.36. The molecule has 2 atom stereocenters. The molecule has 1 N–H and O–H groups in total. The second-order valence-corrected chi connectivity index (χ2v) is 7.20. The molecule has 0 unspecified atom stereocenters. The van der Waals surface area contributed by atoms with Crippen molar-refractivity contribution in [2.75, 3.05) is 7.11 Å². The van der Waals surface area contributed by atoms with E-state index in [1.807, 2.05) is 20.8 Å². The van der Waals surface area contributed by atoms with Crippen molar-refractivity contribution in [1.29, 1.82) is 0 Å². The van der Waals surface area contributed by atoms with Crippen molar-refractivity contribution in [3.8, 4) is 0 Å². The number of ketones is 1. The summed E-state index contributed by atoms with van der Waals surface area (Å²) in [4.78, 5) is 24.4. The molecule has 4 nitrogen and oxygen atoms in total. The van der Waals surface area contributed by atoms with Gasteiger partial charge in [-0.1, -0.05) is 41.5 Å². The number of aliphatic hydroxyl groups is 1. The van der Waals surface area contributed by atoms with Gasteiger partial charge >= 0.3 is 5.97 Å². The fraction of sp³-hybridized carbons (Fsp3) is 0.733. The van der Waals surface area contributed by atoms with Gasteiger partial charge in [0, 0.05) is 5.57 Å². The fourth-order valence-corrected chi connectivity index (χ4v) is 2.37. The lowest BCUT2D eigenvalue weighted by molar-refractivity contribution is -0.161. The van der Waals surface area contributed by atoms with Crippen molar-refractivity contribution < 1.29 is 19.4 Å². The fourth-order valence-electron chi connectivity index (χ4n) is 2.37. The Bertz CT molecular complexity index is 434. The first kappa shape index (κ1) is 15.9. The molecule has 0 saturated carbocycles. The Morgan fingerprint density at radius 2 is 1.74 bits per heavy atom. The molecule has 4 heteroatoms. The molecular weight excluding hydrogens is 244 g/mol. The molecule has 108 valence electrons. The Hall–Kier alpha value is -1.16. The van der Waals surface area contributed by atoms with E-state index in [0.29, 0.717) is 5.57 Å². The predicted molar refractivity (Wildman–Crippen MR) is 72.5 cm³/mol. The van der Waals surface area contributed by atoms with Gasteiger partial charge in [-0.2, -0.15) is 0 Å². The van der Waals surface area contributed by atoms with Crippen molar-refractivity contribution >= 4 is 11.8 Å². The molecule has 0 aliphatic heterocycles. The molecule has 0 amide bonds. The summed E-state index contributed by atoms with van der Waals surface area (Å²) in [5.74, 6) is -2.19. The van der Waals surface area contributed by atoms with Crippen molar-refractivity contribution in [3.63, 3.8) is 0 Å². The Labute approximate surface area is 114 Å². The van der Waals surface area contributed by atoms with Crippen LogP contribution < -0.4 is 0 Å². The second kappa shape index (κ2) is 4.44. The highest BCUT2D eigenvalue weighted by Crippen LogP contribution is 2.48. The third kappa shape index (κ3) is 2.46. The van der Waals surface area contributed by atoms with Crippen LogP contribution in [-0.4, -0.2) is 29.6 Å². The van der Waals surface area contributed by atoms with Crippen LogP contribution in [0.25, 0.3) is 0 Å². The van der Waals surface area contributed by atoms with Gasteiger partial charge in [-0.05, 0) is 16.9 Å². The van der Waals surface area contributed by atoms with Gasteiger partial charge in [0.25, 0.3) is 0 Å². The normalized spacial score (nSPS) is 28.3. The highest BCUT2D eigenvalue weighted by molar-refractivity contribution is 6.12. The first-order valence-corrected chi connectivity index (χ1v) is 6.44. The summed E-state index contributed by atoms with van der Waals surface area (Å²) in [7, 11) is 1.23. The quantitative estimate of drug-likeness (QED) is 0.584. The molecule has 0 heterocycles. The van der Waals surface area contributed by atoms with Crippen molar-refractivity contribution in [3.05, 3.63) is 11.6 Å². The van der Waals surface area contributed by atoms with Crippen LogP contribution in [0.15, 0.2) is 11.6 Å². The number of esters is 1. The Morgan fingerprint density at radius 3 is 2.05 bits per heavy atom. The number of allylic oxidation sites excluding steroid dienone is 1. The second-order valence-electron chi connectivity index (χ2n) is 7.20. The van der Waals surface area contributed by atoms with Crippen LogP contribution >= 0.6 is 0 Å². The van der Waals surface area contributed by atoms with E-state index in [2.05, 4.69) is 0 Å². The molecule has 0 spiro atoms. The molecule has 0 aromatic carbocycles. The third-order valence-corrected chi connectivity index (χ3v) is 3.78. The summed E-state index contributed by atoms with van der Waals surface area (Å²) >= 11 is 0. The van der Waals surface area contributed by atoms with Gasteiger partial charge in [-0.15, -0.1) is 0 Å². The zero-order chi connectivity index (χ0) is 15.2. The molecular formula is C15H24O4. The molecule has 0 fully saturated rings. The van der Waals surface area contributed by atoms with Crippen LogP contribution in [0.2, 0.25) is 0 Å². The summed E-state index contributed by atoms with van der Waals surface area (Å²) in [5, 5.41) is 10.9. The van der Waals surface area contributed by atoms with E-state index in [4.69, 9.17) is 4.74 Å². The average Bonchev–Trinajstić information content (AvgIpc) is 2.50. The van der Waals surface area contributed by atoms with Gasteiger partial charge < -0.3 is 9.84 Å². The van der Waals surface area contributed by atoms with E-state index in [1.165, 1.54) is 7.11 Å². The van der Waals surface area contributed by atoms with Crippen LogP contribution in [0, 0.1) is 16.7 Å². The lowest BCUT2D eigenvalue weighted by atomic mass is 9.70. The third-order valence-electron chi connectivity index (χ3n) is 3.78. The topological polar surface area (TPSA) is 63.6 Å². The van der Waals surface area contributed by atoms with Crippen LogP contribution in [0.5, 0.6) is 0 Å². The maximum absolute atomic E-state index is 12.5. The monoisotopic (exact) mass is 268 g/mol. The minimum Gasteiger partial charge on any atom is -0.468 e. The Morgan fingerprint density at radius 1 is 1.26 bits per heavy atom. The summed E-state index contributed by atoms with van der Waals surface area (Å²) in [6.07, 6.45) is 1.55. The van der Waals surface area contributed by atoms with Gasteiger partial charge in [0.15, 0.2) is 11.7 Å². The minimum atomic E-state index is -1.51. The number of carbonyl (C=O) groups is 2. The lowest BCUT2D eigenvalue weighted by Crippen LogP contribution is -2.51. The first-order valence-electron chi connectivity index (χ1n) is 6.44. The molecule has 1 aliphatic carbocycles. The standard InChI is InChI=1S/C15H24O4/c1-13(2,3)9-8-15(18,14(4,5)6)10(11(9)16)12(17)19-7/h8,10,18H,1-7H3/t10-,15-/m1/s1. The maximum atomic E-state index is 12.5.